The van der Waals surface area contributed by atoms with Crippen LogP contribution in [0, 0.1) is 11.8 Å². The van der Waals surface area contributed by atoms with Crippen LogP contribution >= 0.6 is 0 Å². The molecule has 3 atom stereocenters. The number of esters is 1. The fourth-order valence-electron chi connectivity index (χ4n) is 3.35. The molecule has 0 aliphatic heterocycles. The van der Waals surface area contributed by atoms with Crippen LogP contribution in [0.15, 0.2) is 59.7 Å². The number of carbonyl (C=O) groups is 3. The van der Waals surface area contributed by atoms with Crippen LogP contribution in [0.4, 0.5) is 5.69 Å². The summed E-state index contributed by atoms with van der Waals surface area (Å²) in [7, 11) is 0. The van der Waals surface area contributed by atoms with E-state index in [4.69, 9.17) is 10.6 Å². The number of nitrogens with one attached hydrogen (secondary N) is 2. The van der Waals surface area contributed by atoms with Gasteiger partial charge in [0, 0.05) is 5.69 Å². The molecule has 3 rings (SSSR count). The fourth-order valence-corrected chi connectivity index (χ4v) is 3.35. The highest BCUT2D eigenvalue weighted by Crippen LogP contribution is 2.40. The number of hydrazone groups is 1. The van der Waals surface area contributed by atoms with Crippen molar-refractivity contribution >= 4 is 29.7 Å². The van der Waals surface area contributed by atoms with E-state index in [1.54, 1.807) is 31.2 Å². The Kier molecular flexibility index (Phi) is 7.37. The first kappa shape index (κ1) is 22.0. The number of carbonyl (C=O) groups excluding carboxylic acids is 3. The molecule has 4 N–H and O–H groups in total. The van der Waals surface area contributed by atoms with Gasteiger partial charge in [0.2, 0.25) is 11.8 Å². The second-order valence-corrected chi connectivity index (χ2v) is 7.32. The van der Waals surface area contributed by atoms with Crippen LogP contribution < -0.4 is 16.5 Å². The lowest BCUT2D eigenvalue weighted by Gasteiger charge is -2.18. The summed E-state index contributed by atoms with van der Waals surface area (Å²) in [5, 5.41) is 9.18. The summed E-state index contributed by atoms with van der Waals surface area (Å²) >= 11 is 0. The summed E-state index contributed by atoms with van der Waals surface area (Å²) in [6.07, 6.45) is 2.01. The number of hydrogen-bond acceptors (Lipinski definition) is 6. The first-order chi connectivity index (χ1) is 15.0. The van der Waals surface area contributed by atoms with Gasteiger partial charge in [0.05, 0.1) is 37.1 Å². The topological polar surface area (TPSA) is 123 Å². The molecule has 1 aliphatic carbocycles. The Morgan fingerprint density at radius 2 is 1.77 bits per heavy atom. The molecule has 1 aliphatic rings. The number of nitrogens with two attached hydrogens (primary N) is 1. The molecule has 2 aromatic rings. The molecule has 0 heterocycles. The van der Waals surface area contributed by atoms with Gasteiger partial charge in [-0.2, -0.15) is 5.10 Å². The molecule has 1 fully saturated rings. The normalized spacial score (nSPS) is 18.2. The SMILES string of the molecule is CCOC(=O)CC(NC(=O)C1CC1C(=O)Nc1ccc(C=NN)cc1)c1ccccc1. The van der Waals surface area contributed by atoms with Gasteiger partial charge < -0.3 is 21.2 Å². The summed E-state index contributed by atoms with van der Waals surface area (Å²) < 4.78 is 5.03. The minimum absolute atomic E-state index is 0.0334. The number of nitrogens with zero attached hydrogens (tertiary/aromatic N) is 1. The van der Waals surface area contributed by atoms with Crippen molar-refractivity contribution in [1.82, 2.24) is 5.32 Å². The van der Waals surface area contributed by atoms with Crippen LogP contribution in [0.25, 0.3) is 0 Å². The second-order valence-electron chi connectivity index (χ2n) is 7.32. The standard InChI is InChI=1S/C23H26N4O4/c1-2-31-21(28)13-20(16-6-4-3-5-7-16)27-23(30)19-12-18(19)22(29)26-17-10-8-15(9-11-17)14-25-24/h3-11,14,18-20H,2,12-13,24H2,1H3,(H,26,29)(H,27,30). The quantitative estimate of drug-likeness (QED) is 0.248. The van der Waals surface area contributed by atoms with Crippen LogP contribution in [0.5, 0.6) is 0 Å². The average Bonchev–Trinajstić information content (AvgIpc) is 3.57. The van der Waals surface area contributed by atoms with E-state index in [2.05, 4.69) is 15.7 Å². The maximum atomic E-state index is 12.7. The van der Waals surface area contributed by atoms with Gasteiger partial charge in [-0.15, -0.1) is 0 Å². The van der Waals surface area contributed by atoms with Gasteiger partial charge in [0.25, 0.3) is 0 Å². The maximum Gasteiger partial charge on any atom is 0.308 e. The van der Waals surface area contributed by atoms with Crippen LogP contribution in [-0.2, 0) is 19.1 Å². The molecule has 0 radical (unpaired) electrons. The van der Waals surface area contributed by atoms with E-state index in [0.29, 0.717) is 12.1 Å². The summed E-state index contributed by atoms with van der Waals surface area (Å²) in [4.78, 5) is 37.2. The van der Waals surface area contributed by atoms with E-state index in [-0.39, 0.29) is 30.8 Å². The molecular formula is C23H26N4O4. The number of rotatable bonds is 9. The average molecular weight is 422 g/mol. The molecule has 8 nitrogen and oxygen atoms in total. The first-order valence-corrected chi connectivity index (χ1v) is 10.2. The van der Waals surface area contributed by atoms with Gasteiger partial charge in [0.15, 0.2) is 0 Å². The molecule has 162 valence electrons. The molecule has 2 aromatic carbocycles. The van der Waals surface area contributed by atoms with Crippen molar-refractivity contribution in [3.63, 3.8) is 0 Å². The van der Waals surface area contributed by atoms with E-state index < -0.39 is 17.9 Å². The van der Waals surface area contributed by atoms with Crippen molar-refractivity contribution < 1.29 is 19.1 Å². The predicted molar refractivity (Wildman–Crippen MR) is 117 cm³/mol. The summed E-state index contributed by atoms with van der Waals surface area (Å²) in [6, 6.07) is 15.8. The molecule has 0 aromatic heterocycles. The van der Waals surface area contributed by atoms with Crippen LogP contribution in [-0.4, -0.2) is 30.6 Å². The zero-order chi connectivity index (χ0) is 22.2. The molecule has 2 amide bonds. The van der Waals surface area contributed by atoms with Crippen LogP contribution in [0.2, 0.25) is 0 Å². The van der Waals surface area contributed by atoms with Crippen molar-refractivity contribution in [3.8, 4) is 0 Å². The third-order valence-corrected chi connectivity index (χ3v) is 5.06. The third-order valence-electron chi connectivity index (χ3n) is 5.06. The Morgan fingerprint density at radius 3 is 2.42 bits per heavy atom. The molecule has 0 saturated heterocycles. The van der Waals surface area contributed by atoms with Gasteiger partial charge in [-0.3, -0.25) is 14.4 Å². The van der Waals surface area contributed by atoms with E-state index in [1.165, 1.54) is 6.21 Å². The minimum Gasteiger partial charge on any atom is -0.466 e. The van der Waals surface area contributed by atoms with Crippen LogP contribution in [0.1, 0.15) is 36.9 Å². The number of anilines is 1. The Morgan fingerprint density at radius 1 is 1.10 bits per heavy atom. The van der Waals surface area contributed by atoms with Crippen molar-refractivity contribution in [2.45, 2.75) is 25.8 Å². The summed E-state index contributed by atoms with van der Waals surface area (Å²) in [6.45, 7) is 2.01. The highest BCUT2D eigenvalue weighted by Gasteiger charge is 2.48. The van der Waals surface area contributed by atoms with Gasteiger partial charge in [-0.1, -0.05) is 42.5 Å². The highest BCUT2D eigenvalue weighted by molar-refractivity contribution is 5.99. The molecular weight excluding hydrogens is 396 g/mol. The lowest BCUT2D eigenvalue weighted by Crippen LogP contribution is -2.33. The Bertz CT molecular complexity index is 944. The van der Waals surface area contributed by atoms with E-state index in [1.807, 2.05) is 30.3 Å². The smallest absolute Gasteiger partial charge is 0.308 e. The summed E-state index contributed by atoms with van der Waals surface area (Å²) in [5.74, 6) is 3.47. The fraction of sp³-hybridized carbons (Fsp3) is 0.304. The van der Waals surface area contributed by atoms with Crippen molar-refractivity contribution in [3.05, 3.63) is 65.7 Å². The van der Waals surface area contributed by atoms with Gasteiger partial charge >= 0.3 is 5.97 Å². The molecule has 8 heteroatoms. The van der Waals surface area contributed by atoms with Gasteiger partial charge in [-0.25, -0.2) is 0 Å². The van der Waals surface area contributed by atoms with Crippen LogP contribution in [0.3, 0.4) is 0 Å². The number of hydrogen-bond donors (Lipinski definition) is 3. The third kappa shape index (κ3) is 6.15. The van der Waals surface area contributed by atoms with Crippen molar-refractivity contribution in [2.24, 2.45) is 22.8 Å². The van der Waals surface area contributed by atoms with E-state index >= 15 is 0 Å². The molecule has 0 spiro atoms. The molecule has 1 saturated carbocycles. The zero-order valence-electron chi connectivity index (χ0n) is 17.3. The van der Waals surface area contributed by atoms with Crippen molar-refractivity contribution in [1.29, 1.82) is 0 Å². The maximum absolute atomic E-state index is 12.7. The van der Waals surface area contributed by atoms with Gasteiger partial charge in [-0.05, 0) is 36.6 Å². The monoisotopic (exact) mass is 422 g/mol. The van der Waals surface area contributed by atoms with Crippen molar-refractivity contribution in [2.75, 3.05) is 11.9 Å². The predicted octanol–water partition coefficient (Wildman–Crippen LogP) is 2.36. The molecule has 0 bridgehead atoms. The number of benzene rings is 2. The highest BCUT2D eigenvalue weighted by atomic mass is 16.5. The molecule has 3 unspecified atom stereocenters. The Labute approximate surface area is 180 Å². The number of ether oxygens (including phenoxy) is 1. The van der Waals surface area contributed by atoms with E-state index in [9.17, 15) is 14.4 Å². The zero-order valence-corrected chi connectivity index (χ0v) is 17.3. The Hall–Kier alpha value is -3.68. The lowest BCUT2D eigenvalue weighted by molar-refractivity contribution is -0.144. The molecule has 31 heavy (non-hydrogen) atoms. The second kappa shape index (κ2) is 10.4. The van der Waals surface area contributed by atoms with E-state index in [0.717, 1.165) is 11.1 Å². The first-order valence-electron chi connectivity index (χ1n) is 10.2. The summed E-state index contributed by atoms with van der Waals surface area (Å²) in [5.41, 5.74) is 2.26. The lowest BCUT2D eigenvalue weighted by atomic mass is 10.0. The largest absolute Gasteiger partial charge is 0.466 e. The number of amides is 2. The Balaban J connectivity index is 1.58. The minimum atomic E-state index is -0.506. The van der Waals surface area contributed by atoms with Gasteiger partial charge in [0.1, 0.15) is 0 Å².